The van der Waals surface area contributed by atoms with Gasteiger partial charge in [0.05, 0.1) is 13.7 Å². The van der Waals surface area contributed by atoms with Gasteiger partial charge in [0, 0.05) is 28.7 Å². The van der Waals surface area contributed by atoms with E-state index in [1.807, 2.05) is 36.4 Å². The molecule has 30 heavy (non-hydrogen) atoms. The molecule has 5 heteroatoms. The highest BCUT2D eigenvalue weighted by molar-refractivity contribution is 5.94. The second-order valence-corrected chi connectivity index (χ2v) is 7.39. The molecule has 3 aromatic rings. The molecule has 0 aliphatic heterocycles. The first kappa shape index (κ1) is 19.8. The monoisotopic (exact) mass is 400 g/mol. The molecule has 0 spiro atoms. The standard InChI is InChI=1S/C25H24N2O3/c1-29-24-9-5-4-8-22(24)23-16-21(30-27-23)17-26-25(28)20-14-12-19(13-15-20)11-10-18-6-2-3-7-18/h4-5,8-9,12-16,18H,2-3,6-7,17H2,1H3,(H,26,28). The third-order valence-corrected chi connectivity index (χ3v) is 5.29. The fourth-order valence-corrected chi connectivity index (χ4v) is 3.61. The van der Waals surface area contributed by atoms with Gasteiger partial charge in [-0.25, -0.2) is 0 Å². The molecule has 1 N–H and O–H groups in total. The fraction of sp³-hybridized carbons (Fsp3) is 0.280. The van der Waals surface area contributed by atoms with Crippen molar-refractivity contribution in [2.45, 2.75) is 32.2 Å². The molecule has 1 aliphatic carbocycles. The lowest BCUT2D eigenvalue weighted by molar-refractivity contribution is 0.0947. The van der Waals surface area contributed by atoms with Gasteiger partial charge < -0.3 is 14.6 Å². The average molecular weight is 400 g/mol. The van der Waals surface area contributed by atoms with E-state index in [1.54, 1.807) is 25.3 Å². The lowest BCUT2D eigenvalue weighted by atomic mass is 10.1. The molecular weight excluding hydrogens is 376 g/mol. The largest absolute Gasteiger partial charge is 0.496 e. The van der Waals surface area contributed by atoms with Gasteiger partial charge in [-0.05, 0) is 49.2 Å². The second kappa shape index (κ2) is 9.32. The molecule has 1 fully saturated rings. The molecular formula is C25H24N2O3. The maximum atomic E-state index is 12.4. The van der Waals surface area contributed by atoms with Gasteiger partial charge in [-0.15, -0.1) is 0 Å². The second-order valence-electron chi connectivity index (χ2n) is 7.39. The van der Waals surface area contributed by atoms with E-state index in [0.717, 1.165) is 16.9 Å². The van der Waals surface area contributed by atoms with Gasteiger partial charge in [-0.3, -0.25) is 4.79 Å². The zero-order valence-electron chi connectivity index (χ0n) is 17.0. The van der Waals surface area contributed by atoms with Gasteiger partial charge in [-0.2, -0.15) is 0 Å². The summed E-state index contributed by atoms with van der Waals surface area (Å²) in [5, 5.41) is 6.95. The summed E-state index contributed by atoms with van der Waals surface area (Å²) >= 11 is 0. The first-order chi connectivity index (χ1) is 14.7. The molecule has 0 unspecified atom stereocenters. The fourth-order valence-electron chi connectivity index (χ4n) is 3.61. The van der Waals surface area contributed by atoms with Crippen molar-refractivity contribution in [1.82, 2.24) is 10.5 Å². The molecule has 1 amide bonds. The van der Waals surface area contributed by atoms with Gasteiger partial charge in [0.25, 0.3) is 5.91 Å². The van der Waals surface area contributed by atoms with Crippen LogP contribution in [0.15, 0.2) is 59.1 Å². The van der Waals surface area contributed by atoms with Crippen molar-refractivity contribution in [3.05, 3.63) is 71.5 Å². The summed E-state index contributed by atoms with van der Waals surface area (Å²) in [5.41, 5.74) is 3.04. The van der Waals surface area contributed by atoms with E-state index in [1.165, 1.54) is 25.7 Å². The SMILES string of the molecule is COc1ccccc1-c1cc(CNC(=O)c2ccc(C#CC3CCCC3)cc2)on1. The summed E-state index contributed by atoms with van der Waals surface area (Å²) in [6.07, 6.45) is 4.97. The van der Waals surface area contributed by atoms with E-state index in [0.29, 0.717) is 22.9 Å². The molecule has 2 aromatic carbocycles. The number of benzene rings is 2. The van der Waals surface area contributed by atoms with Gasteiger partial charge in [0.1, 0.15) is 11.4 Å². The van der Waals surface area contributed by atoms with E-state index in [9.17, 15) is 4.79 Å². The normalized spacial score (nSPS) is 13.5. The molecule has 5 nitrogen and oxygen atoms in total. The Morgan fingerprint density at radius 2 is 1.93 bits per heavy atom. The summed E-state index contributed by atoms with van der Waals surface area (Å²) in [6.45, 7) is 0.254. The number of carbonyl (C=O) groups excluding carboxylic acids is 1. The highest BCUT2D eigenvalue weighted by Crippen LogP contribution is 2.29. The summed E-state index contributed by atoms with van der Waals surface area (Å²) in [4.78, 5) is 12.4. The molecule has 0 radical (unpaired) electrons. The molecule has 0 atom stereocenters. The molecule has 1 aromatic heterocycles. The minimum atomic E-state index is -0.166. The van der Waals surface area contributed by atoms with Crippen LogP contribution in [0.3, 0.4) is 0 Å². The van der Waals surface area contributed by atoms with Crippen LogP contribution in [0.1, 0.15) is 47.4 Å². The Kier molecular flexibility index (Phi) is 6.14. The van der Waals surface area contributed by atoms with Crippen LogP contribution in [-0.2, 0) is 6.54 Å². The van der Waals surface area contributed by atoms with Crippen molar-refractivity contribution in [1.29, 1.82) is 0 Å². The van der Waals surface area contributed by atoms with Crippen molar-refractivity contribution in [2.75, 3.05) is 7.11 Å². The lowest BCUT2D eigenvalue weighted by Gasteiger charge is -2.04. The number of amides is 1. The van der Waals surface area contributed by atoms with E-state index in [2.05, 4.69) is 22.3 Å². The van der Waals surface area contributed by atoms with Crippen LogP contribution in [0, 0.1) is 17.8 Å². The molecule has 1 aliphatic rings. The Morgan fingerprint density at radius 3 is 2.70 bits per heavy atom. The number of methoxy groups -OCH3 is 1. The molecule has 0 saturated heterocycles. The maximum absolute atomic E-state index is 12.4. The van der Waals surface area contributed by atoms with Crippen molar-refractivity contribution < 1.29 is 14.1 Å². The Hall–Kier alpha value is -3.52. The molecule has 4 rings (SSSR count). The Labute approximate surface area is 176 Å². The van der Waals surface area contributed by atoms with E-state index >= 15 is 0 Å². The van der Waals surface area contributed by atoms with Crippen LogP contribution in [0.25, 0.3) is 11.3 Å². The third kappa shape index (κ3) is 4.72. The van der Waals surface area contributed by atoms with Gasteiger partial charge in [0.2, 0.25) is 0 Å². The van der Waals surface area contributed by atoms with E-state index < -0.39 is 0 Å². The number of hydrogen-bond donors (Lipinski definition) is 1. The molecule has 1 saturated carbocycles. The molecule has 0 bridgehead atoms. The number of nitrogens with one attached hydrogen (secondary N) is 1. The third-order valence-electron chi connectivity index (χ3n) is 5.29. The Bertz CT molecular complexity index is 1070. The van der Waals surface area contributed by atoms with E-state index in [4.69, 9.17) is 9.26 Å². The van der Waals surface area contributed by atoms with E-state index in [-0.39, 0.29) is 12.5 Å². The molecule has 1 heterocycles. The zero-order valence-corrected chi connectivity index (χ0v) is 17.0. The number of carbonyl (C=O) groups is 1. The number of hydrogen-bond acceptors (Lipinski definition) is 4. The summed E-state index contributed by atoms with van der Waals surface area (Å²) in [6, 6.07) is 16.8. The van der Waals surface area contributed by atoms with Crippen LogP contribution >= 0.6 is 0 Å². The van der Waals surface area contributed by atoms with Crippen molar-refractivity contribution in [3.8, 4) is 28.8 Å². The summed E-state index contributed by atoms with van der Waals surface area (Å²) in [7, 11) is 1.62. The first-order valence-corrected chi connectivity index (χ1v) is 10.2. The van der Waals surface area contributed by atoms with Crippen molar-refractivity contribution in [3.63, 3.8) is 0 Å². The smallest absolute Gasteiger partial charge is 0.251 e. The zero-order chi connectivity index (χ0) is 20.8. The number of nitrogens with zero attached hydrogens (tertiary/aromatic N) is 1. The van der Waals surface area contributed by atoms with Crippen molar-refractivity contribution in [2.24, 2.45) is 5.92 Å². The van der Waals surface area contributed by atoms with Crippen LogP contribution in [0.5, 0.6) is 5.75 Å². The van der Waals surface area contributed by atoms with Crippen LogP contribution in [0.4, 0.5) is 0 Å². The number of aromatic nitrogens is 1. The number of ether oxygens (including phenoxy) is 1. The van der Waals surface area contributed by atoms with Gasteiger partial charge >= 0.3 is 0 Å². The number of rotatable bonds is 5. The van der Waals surface area contributed by atoms with Gasteiger partial charge in [0.15, 0.2) is 5.76 Å². The molecule has 152 valence electrons. The predicted molar refractivity (Wildman–Crippen MR) is 115 cm³/mol. The minimum Gasteiger partial charge on any atom is -0.496 e. The predicted octanol–water partition coefficient (Wildman–Crippen LogP) is 4.82. The lowest BCUT2D eigenvalue weighted by Crippen LogP contribution is -2.22. The summed E-state index contributed by atoms with van der Waals surface area (Å²) in [5.74, 6) is 8.21. The topological polar surface area (TPSA) is 64.4 Å². The van der Waals surface area contributed by atoms with Gasteiger partial charge in [-0.1, -0.05) is 42.0 Å². The quantitative estimate of drug-likeness (QED) is 0.624. The average Bonchev–Trinajstić information content (AvgIpc) is 3.48. The highest BCUT2D eigenvalue weighted by Gasteiger charge is 2.13. The first-order valence-electron chi connectivity index (χ1n) is 10.2. The number of para-hydroxylation sites is 1. The highest BCUT2D eigenvalue weighted by atomic mass is 16.5. The minimum absolute atomic E-state index is 0.166. The van der Waals surface area contributed by atoms with Crippen LogP contribution < -0.4 is 10.1 Å². The van der Waals surface area contributed by atoms with Crippen LogP contribution in [-0.4, -0.2) is 18.2 Å². The van der Waals surface area contributed by atoms with Crippen LogP contribution in [0.2, 0.25) is 0 Å². The summed E-state index contributed by atoms with van der Waals surface area (Å²) < 4.78 is 10.7. The Morgan fingerprint density at radius 1 is 1.17 bits per heavy atom. The maximum Gasteiger partial charge on any atom is 0.251 e. The van der Waals surface area contributed by atoms with Crippen molar-refractivity contribution >= 4 is 5.91 Å². The Balaban J connectivity index is 1.35.